The standard InChI is InChI=1S/C18H20FNO/c1-20-12-11-18(21,14-7-3-2-4-8-14)16(13-20)15-9-5-6-10-17(15)19/h2-10,16,21H,11-13H2,1H3. The second kappa shape index (κ2) is 5.58. The van der Waals surface area contributed by atoms with Crippen LogP contribution < -0.4 is 0 Å². The molecule has 0 bridgehead atoms. The minimum absolute atomic E-state index is 0.243. The zero-order valence-electron chi connectivity index (χ0n) is 12.2. The van der Waals surface area contributed by atoms with Gasteiger partial charge >= 0.3 is 0 Å². The first-order valence-corrected chi connectivity index (χ1v) is 7.32. The fourth-order valence-corrected chi connectivity index (χ4v) is 3.28. The summed E-state index contributed by atoms with van der Waals surface area (Å²) in [4.78, 5) is 2.15. The lowest BCUT2D eigenvalue weighted by atomic mass is 9.72. The first-order valence-electron chi connectivity index (χ1n) is 7.32. The van der Waals surface area contributed by atoms with E-state index in [1.54, 1.807) is 12.1 Å². The number of likely N-dealkylation sites (N-methyl/N-ethyl adjacent to an activating group) is 1. The summed E-state index contributed by atoms with van der Waals surface area (Å²) in [5.74, 6) is -0.507. The Bertz CT molecular complexity index is 616. The summed E-state index contributed by atoms with van der Waals surface area (Å²) >= 11 is 0. The maximum absolute atomic E-state index is 14.2. The average molecular weight is 285 g/mol. The highest BCUT2D eigenvalue weighted by Crippen LogP contribution is 2.43. The molecule has 1 N–H and O–H groups in total. The van der Waals surface area contributed by atoms with Gasteiger partial charge in [-0.1, -0.05) is 48.5 Å². The Kier molecular flexibility index (Phi) is 3.79. The van der Waals surface area contributed by atoms with Gasteiger partial charge in [-0.25, -0.2) is 4.39 Å². The van der Waals surface area contributed by atoms with Crippen molar-refractivity contribution < 1.29 is 9.50 Å². The lowest BCUT2D eigenvalue weighted by molar-refractivity contribution is -0.0428. The molecule has 1 saturated heterocycles. The Morgan fingerprint density at radius 3 is 2.48 bits per heavy atom. The molecule has 1 heterocycles. The Morgan fingerprint density at radius 1 is 1.10 bits per heavy atom. The number of piperidine rings is 1. The average Bonchev–Trinajstić information content (AvgIpc) is 2.51. The van der Waals surface area contributed by atoms with Crippen LogP contribution in [0.5, 0.6) is 0 Å². The summed E-state index contributed by atoms with van der Waals surface area (Å²) in [6.45, 7) is 1.45. The molecule has 2 aromatic rings. The SMILES string of the molecule is CN1CCC(O)(c2ccccc2)C(c2ccccc2F)C1. The first kappa shape index (κ1) is 14.2. The van der Waals surface area contributed by atoms with E-state index in [0.29, 0.717) is 18.5 Å². The van der Waals surface area contributed by atoms with Crippen LogP contribution in [0.3, 0.4) is 0 Å². The molecule has 2 unspecified atom stereocenters. The fraction of sp³-hybridized carbons (Fsp3) is 0.333. The molecular weight excluding hydrogens is 265 g/mol. The van der Waals surface area contributed by atoms with Gasteiger partial charge in [0.05, 0.1) is 5.60 Å². The molecule has 2 nitrogen and oxygen atoms in total. The molecule has 110 valence electrons. The second-order valence-electron chi connectivity index (χ2n) is 5.88. The van der Waals surface area contributed by atoms with Gasteiger partial charge < -0.3 is 10.0 Å². The van der Waals surface area contributed by atoms with Crippen molar-refractivity contribution in [1.29, 1.82) is 0 Å². The molecule has 2 aromatic carbocycles. The third-order valence-corrected chi connectivity index (χ3v) is 4.50. The van der Waals surface area contributed by atoms with Crippen molar-refractivity contribution in [3.63, 3.8) is 0 Å². The Labute approximate surface area is 124 Å². The van der Waals surface area contributed by atoms with E-state index in [1.807, 2.05) is 43.4 Å². The fourth-order valence-electron chi connectivity index (χ4n) is 3.28. The molecule has 0 aliphatic carbocycles. The van der Waals surface area contributed by atoms with E-state index < -0.39 is 5.60 Å². The first-order chi connectivity index (χ1) is 10.1. The van der Waals surface area contributed by atoms with Crippen molar-refractivity contribution in [3.05, 3.63) is 71.5 Å². The number of hydrogen-bond acceptors (Lipinski definition) is 2. The maximum atomic E-state index is 14.2. The Hall–Kier alpha value is -1.71. The van der Waals surface area contributed by atoms with E-state index >= 15 is 0 Å². The third kappa shape index (κ3) is 2.59. The normalized spacial score (nSPS) is 26.7. The predicted octanol–water partition coefficient (Wildman–Crippen LogP) is 3.13. The van der Waals surface area contributed by atoms with Crippen LogP contribution in [0.15, 0.2) is 54.6 Å². The maximum Gasteiger partial charge on any atom is 0.126 e. The highest BCUT2D eigenvalue weighted by molar-refractivity contribution is 5.33. The summed E-state index contributed by atoms with van der Waals surface area (Å²) in [7, 11) is 2.01. The molecule has 1 aliphatic heterocycles. The third-order valence-electron chi connectivity index (χ3n) is 4.50. The van der Waals surface area contributed by atoms with Gasteiger partial charge in [0.2, 0.25) is 0 Å². The van der Waals surface area contributed by atoms with Crippen LogP contribution in [-0.4, -0.2) is 30.1 Å². The molecule has 1 aliphatic rings. The van der Waals surface area contributed by atoms with Gasteiger partial charge in [-0.05, 0) is 30.7 Å². The van der Waals surface area contributed by atoms with Gasteiger partial charge in [0.25, 0.3) is 0 Å². The number of nitrogens with zero attached hydrogens (tertiary/aromatic N) is 1. The molecule has 1 fully saturated rings. The summed E-state index contributed by atoms with van der Waals surface area (Å²) in [6, 6.07) is 16.4. The quantitative estimate of drug-likeness (QED) is 0.916. The van der Waals surface area contributed by atoms with Crippen LogP contribution in [-0.2, 0) is 5.60 Å². The summed E-state index contributed by atoms with van der Waals surface area (Å²) in [6.07, 6.45) is 0.604. The number of hydrogen-bond donors (Lipinski definition) is 1. The molecule has 0 aromatic heterocycles. The van der Waals surface area contributed by atoms with Crippen LogP contribution in [0.4, 0.5) is 4.39 Å². The Morgan fingerprint density at radius 2 is 1.76 bits per heavy atom. The highest BCUT2D eigenvalue weighted by Gasteiger charge is 2.43. The van der Waals surface area contributed by atoms with Crippen molar-refractivity contribution in [1.82, 2.24) is 4.90 Å². The molecule has 0 amide bonds. The molecule has 0 radical (unpaired) electrons. The monoisotopic (exact) mass is 285 g/mol. The van der Waals surface area contributed by atoms with Crippen LogP contribution in [0.25, 0.3) is 0 Å². The van der Waals surface area contributed by atoms with E-state index in [1.165, 1.54) is 6.07 Å². The molecule has 3 heteroatoms. The number of benzene rings is 2. The van der Waals surface area contributed by atoms with Crippen LogP contribution >= 0.6 is 0 Å². The summed E-state index contributed by atoms with van der Waals surface area (Å²) < 4.78 is 14.2. The predicted molar refractivity (Wildman–Crippen MR) is 81.6 cm³/mol. The van der Waals surface area contributed by atoms with Crippen molar-refractivity contribution in [2.75, 3.05) is 20.1 Å². The summed E-state index contributed by atoms with van der Waals surface area (Å²) in [5.41, 5.74) is 0.442. The van der Waals surface area contributed by atoms with Gasteiger partial charge in [-0.15, -0.1) is 0 Å². The minimum atomic E-state index is -1.02. The van der Waals surface area contributed by atoms with Crippen molar-refractivity contribution in [2.24, 2.45) is 0 Å². The minimum Gasteiger partial charge on any atom is -0.384 e. The van der Waals surface area contributed by atoms with Gasteiger partial charge in [-0.3, -0.25) is 0 Å². The van der Waals surface area contributed by atoms with Crippen molar-refractivity contribution >= 4 is 0 Å². The number of likely N-dealkylation sites (tertiary alicyclic amines) is 1. The van der Waals surface area contributed by atoms with Gasteiger partial charge in [-0.2, -0.15) is 0 Å². The lowest BCUT2D eigenvalue weighted by Gasteiger charge is -2.44. The second-order valence-corrected chi connectivity index (χ2v) is 5.88. The van der Waals surface area contributed by atoms with Crippen LogP contribution in [0.1, 0.15) is 23.5 Å². The highest BCUT2D eigenvalue weighted by atomic mass is 19.1. The van der Waals surface area contributed by atoms with Crippen molar-refractivity contribution in [3.8, 4) is 0 Å². The van der Waals surface area contributed by atoms with Gasteiger partial charge in [0.1, 0.15) is 5.82 Å². The summed E-state index contributed by atoms with van der Waals surface area (Å²) in [5, 5.41) is 11.3. The molecule has 0 saturated carbocycles. The smallest absolute Gasteiger partial charge is 0.126 e. The molecule has 0 spiro atoms. The zero-order valence-corrected chi connectivity index (χ0v) is 12.2. The molecular formula is C18H20FNO. The van der Waals surface area contributed by atoms with E-state index in [2.05, 4.69) is 4.90 Å². The zero-order chi connectivity index (χ0) is 14.9. The van der Waals surface area contributed by atoms with Crippen LogP contribution in [0.2, 0.25) is 0 Å². The van der Waals surface area contributed by atoms with E-state index in [9.17, 15) is 9.50 Å². The number of halogens is 1. The molecule has 2 atom stereocenters. The number of aliphatic hydroxyl groups is 1. The van der Waals surface area contributed by atoms with Gasteiger partial charge in [0.15, 0.2) is 0 Å². The number of rotatable bonds is 2. The largest absolute Gasteiger partial charge is 0.384 e. The lowest BCUT2D eigenvalue weighted by Crippen LogP contribution is -2.47. The van der Waals surface area contributed by atoms with Crippen LogP contribution in [0, 0.1) is 5.82 Å². The molecule has 21 heavy (non-hydrogen) atoms. The topological polar surface area (TPSA) is 23.5 Å². The van der Waals surface area contributed by atoms with E-state index in [0.717, 1.165) is 12.1 Å². The Balaban J connectivity index is 2.07. The van der Waals surface area contributed by atoms with Gasteiger partial charge in [0, 0.05) is 19.0 Å². The van der Waals surface area contributed by atoms with E-state index in [-0.39, 0.29) is 11.7 Å². The van der Waals surface area contributed by atoms with Crippen molar-refractivity contribution in [2.45, 2.75) is 17.9 Å². The molecule has 3 rings (SSSR count). The van der Waals surface area contributed by atoms with E-state index in [4.69, 9.17) is 0 Å².